The fourth-order valence-electron chi connectivity index (χ4n) is 3.10. The van der Waals surface area contributed by atoms with E-state index in [4.69, 9.17) is 16.3 Å². The van der Waals surface area contributed by atoms with Crippen LogP contribution in [-0.2, 0) is 6.42 Å². The molecule has 0 radical (unpaired) electrons. The molecule has 2 rings (SSSR count). The lowest BCUT2D eigenvalue weighted by molar-refractivity contribution is 0.330. The fourth-order valence-corrected chi connectivity index (χ4v) is 3.40. The van der Waals surface area contributed by atoms with Crippen molar-refractivity contribution in [1.29, 1.82) is 0 Å². The highest BCUT2D eigenvalue weighted by Gasteiger charge is 2.16. The van der Waals surface area contributed by atoms with Crippen molar-refractivity contribution in [3.05, 3.63) is 29.8 Å². The highest BCUT2D eigenvalue weighted by Crippen LogP contribution is 2.29. The van der Waals surface area contributed by atoms with Crippen LogP contribution in [0.2, 0.25) is 0 Å². The summed E-state index contributed by atoms with van der Waals surface area (Å²) in [5, 5.41) is 0.234. The number of hydrogen-bond donors (Lipinski definition) is 0. The van der Waals surface area contributed by atoms with Crippen LogP contribution >= 0.6 is 11.6 Å². The van der Waals surface area contributed by atoms with Crippen molar-refractivity contribution >= 4 is 11.6 Å². The number of methoxy groups -OCH3 is 1. The standard InChI is InChI=1S/C17H25ClO/c1-19-17-10-6-5-9-15(17)13-16(18)12-11-14-7-3-2-4-8-14/h5-6,9-10,14,16H,2-4,7-8,11-13H2,1H3. The maximum absolute atomic E-state index is 6.51. The Morgan fingerprint density at radius 3 is 2.68 bits per heavy atom. The van der Waals surface area contributed by atoms with Gasteiger partial charge in [0.1, 0.15) is 5.75 Å². The first-order valence-electron chi connectivity index (χ1n) is 7.55. The van der Waals surface area contributed by atoms with Crippen LogP contribution < -0.4 is 4.74 Å². The largest absolute Gasteiger partial charge is 0.496 e. The highest BCUT2D eigenvalue weighted by atomic mass is 35.5. The summed E-state index contributed by atoms with van der Waals surface area (Å²) < 4.78 is 5.38. The molecular weight excluding hydrogens is 256 g/mol. The average Bonchev–Trinajstić information content (AvgIpc) is 2.47. The normalized spacial score (nSPS) is 18.2. The molecular formula is C17H25ClO. The van der Waals surface area contributed by atoms with Gasteiger partial charge in [-0.2, -0.15) is 0 Å². The average molecular weight is 281 g/mol. The van der Waals surface area contributed by atoms with Gasteiger partial charge in [0.25, 0.3) is 0 Å². The van der Waals surface area contributed by atoms with E-state index >= 15 is 0 Å². The molecule has 0 spiro atoms. The van der Waals surface area contributed by atoms with Crippen molar-refractivity contribution in [3.63, 3.8) is 0 Å². The number of para-hydroxylation sites is 1. The van der Waals surface area contributed by atoms with Gasteiger partial charge in [0, 0.05) is 5.38 Å². The minimum Gasteiger partial charge on any atom is -0.496 e. The zero-order valence-corrected chi connectivity index (χ0v) is 12.7. The number of halogens is 1. The molecule has 1 aromatic carbocycles. The molecule has 1 atom stereocenters. The number of hydrogen-bond acceptors (Lipinski definition) is 1. The summed E-state index contributed by atoms with van der Waals surface area (Å²) in [6.45, 7) is 0. The third kappa shape index (κ3) is 4.72. The molecule has 2 heteroatoms. The maximum Gasteiger partial charge on any atom is 0.122 e. The van der Waals surface area contributed by atoms with Crippen molar-refractivity contribution in [2.24, 2.45) is 5.92 Å². The monoisotopic (exact) mass is 280 g/mol. The molecule has 1 saturated carbocycles. The van der Waals surface area contributed by atoms with Crippen LogP contribution in [0.4, 0.5) is 0 Å². The smallest absolute Gasteiger partial charge is 0.122 e. The van der Waals surface area contributed by atoms with Crippen molar-refractivity contribution < 1.29 is 4.74 Å². The Hall–Kier alpha value is -0.690. The van der Waals surface area contributed by atoms with Crippen molar-refractivity contribution in [2.75, 3.05) is 7.11 Å². The van der Waals surface area contributed by atoms with E-state index in [9.17, 15) is 0 Å². The van der Waals surface area contributed by atoms with Gasteiger partial charge in [-0.3, -0.25) is 0 Å². The lowest BCUT2D eigenvalue weighted by atomic mass is 9.85. The van der Waals surface area contributed by atoms with Gasteiger partial charge < -0.3 is 4.74 Å². The molecule has 0 aromatic heterocycles. The van der Waals surface area contributed by atoms with Crippen LogP contribution in [0.25, 0.3) is 0 Å². The van der Waals surface area contributed by atoms with Gasteiger partial charge in [0.2, 0.25) is 0 Å². The Morgan fingerprint density at radius 1 is 1.21 bits per heavy atom. The summed E-state index contributed by atoms with van der Waals surface area (Å²) in [6, 6.07) is 8.20. The second-order valence-corrected chi connectivity index (χ2v) is 6.31. The molecule has 19 heavy (non-hydrogen) atoms. The third-order valence-electron chi connectivity index (χ3n) is 4.25. The zero-order chi connectivity index (χ0) is 13.5. The molecule has 1 aromatic rings. The summed E-state index contributed by atoms with van der Waals surface area (Å²) in [6.07, 6.45) is 10.4. The topological polar surface area (TPSA) is 9.23 Å². The Labute approximate surface area is 122 Å². The Kier molecular flexibility index (Phi) is 6.03. The second-order valence-electron chi connectivity index (χ2n) is 5.69. The first-order chi connectivity index (χ1) is 9.29. The number of alkyl halides is 1. The fraction of sp³-hybridized carbons (Fsp3) is 0.647. The van der Waals surface area contributed by atoms with E-state index in [0.717, 1.165) is 24.5 Å². The summed E-state index contributed by atoms with van der Waals surface area (Å²) >= 11 is 6.51. The molecule has 0 aliphatic heterocycles. The van der Waals surface area contributed by atoms with Crippen LogP contribution in [-0.4, -0.2) is 12.5 Å². The first-order valence-corrected chi connectivity index (χ1v) is 7.99. The predicted octanol–water partition coefficient (Wildman–Crippen LogP) is 5.21. The zero-order valence-electron chi connectivity index (χ0n) is 11.9. The molecule has 0 N–H and O–H groups in total. The number of benzene rings is 1. The lowest BCUT2D eigenvalue weighted by Gasteiger charge is -2.22. The number of ether oxygens (including phenoxy) is 1. The molecule has 1 aliphatic rings. The van der Waals surface area contributed by atoms with Gasteiger partial charge in [0.15, 0.2) is 0 Å². The van der Waals surface area contributed by atoms with Crippen molar-refractivity contribution in [2.45, 2.75) is 56.7 Å². The Balaban J connectivity index is 1.78. The lowest BCUT2D eigenvalue weighted by Crippen LogP contribution is -2.11. The van der Waals surface area contributed by atoms with E-state index < -0.39 is 0 Å². The van der Waals surface area contributed by atoms with Crippen LogP contribution in [0.15, 0.2) is 24.3 Å². The quantitative estimate of drug-likeness (QED) is 0.650. The van der Waals surface area contributed by atoms with Gasteiger partial charge in [-0.05, 0) is 36.8 Å². The molecule has 1 nitrogen and oxygen atoms in total. The summed E-state index contributed by atoms with van der Waals surface area (Å²) in [5.41, 5.74) is 1.23. The number of rotatable bonds is 6. The summed E-state index contributed by atoms with van der Waals surface area (Å²) in [5.74, 6) is 1.89. The van der Waals surface area contributed by atoms with Crippen molar-refractivity contribution in [3.8, 4) is 5.75 Å². The van der Waals surface area contributed by atoms with E-state index in [1.165, 1.54) is 44.1 Å². The van der Waals surface area contributed by atoms with E-state index in [0.29, 0.717) is 0 Å². The van der Waals surface area contributed by atoms with Crippen LogP contribution in [0, 0.1) is 5.92 Å². The van der Waals surface area contributed by atoms with E-state index in [-0.39, 0.29) is 5.38 Å². The van der Waals surface area contributed by atoms with Crippen LogP contribution in [0.1, 0.15) is 50.5 Å². The molecule has 1 fully saturated rings. The molecule has 1 aliphatic carbocycles. The van der Waals surface area contributed by atoms with Gasteiger partial charge in [-0.1, -0.05) is 50.3 Å². The second kappa shape index (κ2) is 7.79. The molecule has 0 amide bonds. The minimum absolute atomic E-state index is 0.234. The van der Waals surface area contributed by atoms with E-state index in [2.05, 4.69) is 12.1 Å². The summed E-state index contributed by atoms with van der Waals surface area (Å²) in [4.78, 5) is 0. The van der Waals surface area contributed by atoms with Crippen molar-refractivity contribution in [1.82, 2.24) is 0 Å². The molecule has 1 unspecified atom stereocenters. The molecule has 0 heterocycles. The Bertz CT molecular complexity index is 371. The predicted molar refractivity (Wildman–Crippen MR) is 82.1 cm³/mol. The minimum atomic E-state index is 0.234. The SMILES string of the molecule is COc1ccccc1CC(Cl)CCC1CCCCC1. The maximum atomic E-state index is 6.51. The van der Waals surface area contributed by atoms with E-state index in [1.807, 2.05) is 12.1 Å². The molecule has 0 saturated heterocycles. The van der Waals surface area contributed by atoms with Gasteiger partial charge in [0.05, 0.1) is 7.11 Å². The van der Waals surface area contributed by atoms with Crippen LogP contribution in [0.5, 0.6) is 5.75 Å². The Morgan fingerprint density at radius 2 is 1.95 bits per heavy atom. The van der Waals surface area contributed by atoms with Crippen LogP contribution in [0.3, 0.4) is 0 Å². The van der Waals surface area contributed by atoms with Gasteiger partial charge >= 0.3 is 0 Å². The van der Waals surface area contributed by atoms with Gasteiger partial charge in [-0.25, -0.2) is 0 Å². The molecule has 106 valence electrons. The highest BCUT2D eigenvalue weighted by molar-refractivity contribution is 6.20. The molecule has 0 bridgehead atoms. The van der Waals surface area contributed by atoms with E-state index in [1.54, 1.807) is 7.11 Å². The summed E-state index contributed by atoms with van der Waals surface area (Å²) in [7, 11) is 1.73. The third-order valence-corrected chi connectivity index (χ3v) is 4.62. The van der Waals surface area contributed by atoms with Gasteiger partial charge in [-0.15, -0.1) is 11.6 Å². The first kappa shape index (κ1) is 14.7.